The number of benzene rings is 2. The minimum Gasteiger partial charge on any atom is -0.493 e. The van der Waals surface area contributed by atoms with Crippen LogP contribution in [0.2, 0.25) is 0 Å². The summed E-state index contributed by atoms with van der Waals surface area (Å²) in [6.45, 7) is 4.37. The zero-order valence-electron chi connectivity index (χ0n) is 15.9. The maximum absolute atomic E-state index is 12.4. The lowest BCUT2D eigenvalue weighted by Crippen LogP contribution is -2.12. The van der Waals surface area contributed by atoms with Gasteiger partial charge >= 0.3 is 0 Å². The number of carbonyl (C=O) groups excluding carboxylic acids is 1. The van der Waals surface area contributed by atoms with E-state index in [9.17, 15) is 4.79 Å². The molecule has 0 heterocycles. The summed E-state index contributed by atoms with van der Waals surface area (Å²) < 4.78 is 10.7. The predicted octanol–water partition coefficient (Wildman–Crippen LogP) is 5.36. The monoisotopic (exact) mass is 350 g/mol. The number of hydrogen-bond donors (Lipinski definition) is 0. The molecule has 1 aliphatic rings. The van der Waals surface area contributed by atoms with Crippen LogP contribution in [-0.4, -0.2) is 20.0 Å². The predicted molar refractivity (Wildman–Crippen MR) is 105 cm³/mol. The fraction of sp³-hybridized carbons (Fsp3) is 0.348. The van der Waals surface area contributed by atoms with Gasteiger partial charge in [-0.2, -0.15) is 0 Å². The van der Waals surface area contributed by atoms with Crippen molar-refractivity contribution in [1.82, 2.24) is 0 Å². The maximum Gasteiger partial charge on any atom is 0.160 e. The number of allylic oxidation sites excluding steroid dienone is 2. The lowest BCUT2D eigenvalue weighted by atomic mass is 9.80. The molecule has 0 fully saturated rings. The summed E-state index contributed by atoms with van der Waals surface area (Å²) in [5.74, 6) is 2.22. The van der Waals surface area contributed by atoms with Gasteiger partial charge in [-0.05, 0) is 58.7 Å². The van der Waals surface area contributed by atoms with E-state index in [4.69, 9.17) is 9.47 Å². The fourth-order valence-corrected chi connectivity index (χ4v) is 3.53. The molecule has 0 spiro atoms. The average molecular weight is 350 g/mol. The minimum atomic E-state index is 0.157. The van der Waals surface area contributed by atoms with E-state index in [1.165, 1.54) is 5.56 Å². The highest BCUT2D eigenvalue weighted by Crippen LogP contribution is 2.39. The summed E-state index contributed by atoms with van der Waals surface area (Å²) >= 11 is 0. The van der Waals surface area contributed by atoms with Crippen molar-refractivity contribution >= 4 is 11.4 Å². The van der Waals surface area contributed by atoms with E-state index in [0.717, 1.165) is 23.1 Å². The van der Waals surface area contributed by atoms with Gasteiger partial charge in [-0.3, -0.25) is 4.79 Å². The summed E-state index contributed by atoms with van der Waals surface area (Å²) in [4.78, 5) is 12.4. The van der Waals surface area contributed by atoms with E-state index in [1.54, 1.807) is 14.2 Å². The summed E-state index contributed by atoms with van der Waals surface area (Å²) in [6, 6.07) is 14.5. The highest BCUT2D eigenvalue weighted by Gasteiger charge is 2.24. The Balaban J connectivity index is 1.90. The number of hydrogen-bond acceptors (Lipinski definition) is 3. The molecule has 0 saturated heterocycles. The smallest absolute Gasteiger partial charge is 0.160 e. The zero-order valence-corrected chi connectivity index (χ0v) is 15.9. The van der Waals surface area contributed by atoms with Crippen molar-refractivity contribution in [2.45, 2.75) is 38.5 Å². The van der Waals surface area contributed by atoms with Crippen LogP contribution in [0.5, 0.6) is 11.5 Å². The lowest BCUT2D eigenvalue weighted by molar-refractivity contribution is -0.115. The van der Waals surface area contributed by atoms with Gasteiger partial charge in [0.1, 0.15) is 0 Å². The molecule has 1 atom stereocenters. The van der Waals surface area contributed by atoms with Crippen LogP contribution in [0.4, 0.5) is 0 Å². The molecule has 2 aromatic rings. The summed E-state index contributed by atoms with van der Waals surface area (Å²) in [5, 5.41) is 0. The van der Waals surface area contributed by atoms with Crippen LogP contribution in [0, 0.1) is 0 Å². The van der Waals surface area contributed by atoms with Gasteiger partial charge < -0.3 is 9.47 Å². The van der Waals surface area contributed by atoms with E-state index < -0.39 is 0 Å². The van der Waals surface area contributed by atoms with Crippen molar-refractivity contribution in [1.29, 1.82) is 0 Å². The van der Waals surface area contributed by atoms with Crippen LogP contribution in [0.15, 0.2) is 48.5 Å². The van der Waals surface area contributed by atoms with Gasteiger partial charge in [0.05, 0.1) is 14.2 Å². The number of ether oxygens (including phenoxy) is 2. The highest BCUT2D eigenvalue weighted by molar-refractivity contribution is 5.99. The summed E-state index contributed by atoms with van der Waals surface area (Å²) in [7, 11) is 3.26. The molecule has 0 bridgehead atoms. The van der Waals surface area contributed by atoms with E-state index in [-0.39, 0.29) is 11.7 Å². The first-order valence-corrected chi connectivity index (χ1v) is 9.07. The topological polar surface area (TPSA) is 35.5 Å². The van der Waals surface area contributed by atoms with Gasteiger partial charge in [0, 0.05) is 6.42 Å². The highest BCUT2D eigenvalue weighted by atomic mass is 16.5. The Labute approximate surface area is 155 Å². The third-order valence-corrected chi connectivity index (χ3v) is 5.05. The van der Waals surface area contributed by atoms with Crippen LogP contribution in [-0.2, 0) is 4.79 Å². The van der Waals surface area contributed by atoms with Gasteiger partial charge in [-0.1, -0.05) is 44.2 Å². The standard InChI is InChI=1S/C23H26O3/c1-15(2)16-6-5-7-17(10-16)19-11-20(13-21(24)12-19)18-8-9-22(25-3)23(14-18)26-4/h5-10,12,14-15,20H,11,13H2,1-4H3/t20-/m1/s1. The van der Waals surface area contributed by atoms with E-state index in [1.807, 2.05) is 24.3 Å². The second-order valence-corrected chi connectivity index (χ2v) is 7.14. The first-order valence-electron chi connectivity index (χ1n) is 9.07. The molecule has 3 rings (SSSR count). The summed E-state index contributed by atoms with van der Waals surface area (Å²) in [5.41, 5.74) is 4.67. The normalized spacial score (nSPS) is 17.2. The second-order valence-electron chi connectivity index (χ2n) is 7.14. The quantitative estimate of drug-likeness (QED) is 0.728. The zero-order chi connectivity index (χ0) is 18.7. The molecule has 0 aliphatic heterocycles. The largest absolute Gasteiger partial charge is 0.493 e. The molecule has 0 unspecified atom stereocenters. The van der Waals surface area contributed by atoms with Gasteiger partial charge in [0.15, 0.2) is 17.3 Å². The lowest BCUT2D eigenvalue weighted by Gasteiger charge is -2.24. The van der Waals surface area contributed by atoms with Crippen molar-refractivity contribution < 1.29 is 14.3 Å². The van der Waals surface area contributed by atoms with Crippen molar-refractivity contribution in [2.24, 2.45) is 0 Å². The van der Waals surface area contributed by atoms with E-state index in [2.05, 4.69) is 38.1 Å². The van der Waals surface area contributed by atoms with Crippen LogP contribution in [0.3, 0.4) is 0 Å². The molecular formula is C23H26O3. The average Bonchev–Trinajstić information content (AvgIpc) is 2.67. The van der Waals surface area contributed by atoms with Crippen molar-refractivity contribution in [3.8, 4) is 11.5 Å². The van der Waals surface area contributed by atoms with Crippen molar-refractivity contribution in [3.63, 3.8) is 0 Å². The van der Waals surface area contributed by atoms with Crippen molar-refractivity contribution in [2.75, 3.05) is 14.2 Å². The van der Waals surface area contributed by atoms with Gasteiger partial charge in [-0.25, -0.2) is 0 Å². The van der Waals surface area contributed by atoms with Crippen LogP contribution in [0.1, 0.15) is 55.2 Å². The van der Waals surface area contributed by atoms with Crippen LogP contribution >= 0.6 is 0 Å². The Morgan fingerprint density at radius 3 is 2.42 bits per heavy atom. The Morgan fingerprint density at radius 1 is 0.962 bits per heavy atom. The number of rotatable bonds is 5. The molecular weight excluding hydrogens is 324 g/mol. The van der Waals surface area contributed by atoms with E-state index >= 15 is 0 Å². The first kappa shape index (κ1) is 18.2. The van der Waals surface area contributed by atoms with Crippen molar-refractivity contribution in [3.05, 3.63) is 65.2 Å². The Hall–Kier alpha value is -2.55. The van der Waals surface area contributed by atoms with Gasteiger partial charge in [0.25, 0.3) is 0 Å². The van der Waals surface area contributed by atoms with Gasteiger partial charge in [-0.15, -0.1) is 0 Å². The number of ketones is 1. The minimum absolute atomic E-state index is 0.157. The first-order chi connectivity index (χ1) is 12.5. The molecule has 3 nitrogen and oxygen atoms in total. The molecule has 0 saturated carbocycles. The molecule has 0 amide bonds. The summed E-state index contributed by atoms with van der Waals surface area (Å²) in [6.07, 6.45) is 3.20. The molecule has 0 aromatic heterocycles. The third kappa shape index (κ3) is 3.82. The Bertz CT molecular complexity index is 833. The van der Waals surface area contributed by atoms with Crippen LogP contribution in [0.25, 0.3) is 5.57 Å². The molecule has 136 valence electrons. The molecule has 2 aromatic carbocycles. The maximum atomic E-state index is 12.4. The SMILES string of the molecule is COc1ccc([C@H]2CC(=O)C=C(c3cccc(C(C)C)c3)C2)cc1OC. The molecule has 3 heteroatoms. The third-order valence-electron chi connectivity index (χ3n) is 5.05. The van der Waals surface area contributed by atoms with Gasteiger partial charge in [0.2, 0.25) is 0 Å². The van der Waals surface area contributed by atoms with E-state index in [0.29, 0.717) is 23.8 Å². The second kappa shape index (κ2) is 7.77. The molecule has 1 aliphatic carbocycles. The number of methoxy groups -OCH3 is 2. The molecule has 0 radical (unpaired) electrons. The van der Waals surface area contributed by atoms with Crippen LogP contribution < -0.4 is 9.47 Å². The Morgan fingerprint density at radius 2 is 1.73 bits per heavy atom. The Kier molecular flexibility index (Phi) is 5.46. The molecule has 26 heavy (non-hydrogen) atoms. The number of carbonyl (C=O) groups is 1. The fourth-order valence-electron chi connectivity index (χ4n) is 3.53. The molecule has 0 N–H and O–H groups in total.